The largest absolute Gasteiger partial charge is 0.402 e. The summed E-state index contributed by atoms with van der Waals surface area (Å²) in [6, 6.07) is 0. The maximum atomic E-state index is 11.2. The third kappa shape index (κ3) is 7.07. The molecule has 0 bridgehead atoms. The molecule has 0 aromatic rings. The SMILES string of the molecule is CC(N)=CC=NC(F)F. The van der Waals surface area contributed by atoms with Crippen molar-refractivity contribution in [2.24, 2.45) is 10.7 Å². The van der Waals surface area contributed by atoms with Gasteiger partial charge in [0.1, 0.15) is 0 Å². The molecular formula is C5H8F2N2. The Morgan fingerprint density at radius 3 is 2.56 bits per heavy atom. The lowest BCUT2D eigenvalue weighted by molar-refractivity contribution is 0.161. The summed E-state index contributed by atoms with van der Waals surface area (Å²) < 4.78 is 22.4. The van der Waals surface area contributed by atoms with E-state index in [9.17, 15) is 8.78 Å². The van der Waals surface area contributed by atoms with Gasteiger partial charge in [-0.15, -0.1) is 0 Å². The zero-order valence-electron chi connectivity index (χ0n) is 5.01. The van der Waals surface area contributed by atoms with Crippen LogP contribution in [0, 0.1) is 0 Å². The molecule has 0 aliphatic rings. The average Bonchev–Trinajstić information content (AvgIpc) is 1.63. The van der Waals surface area contributed by atoms with Crippen LogP contribution in [0.25, 0.3) is 0 Å². The van der Waals surface area contributed by atoms with Crippen LogP contribution in [0.1, 0.15) is 6.92 Å². The van der Waals surface area contributed by atoms with Crippen molar-refractivity contribution in [3.8, 4) is 0 Å². The minimum absolute atomic E-state index is 0.458. The van der Waals surface area contributed by atoms with Gasteiger partial charge in [0.2, 0.25) is 0 Å². The lowest BCUT2D eigenvalue weighted by Gasteiger charge is -1.84. The van der Waals surface area contributed by atoms with Crippen LogP contribution in [0.2, 0.25) is 0 Å². The molecule has 0 saturated heterocycles. The fourth-order valence-electron chi connectivity index (χ4n) is 0.226. The highest BCUT2D eigenvalue weighted by Gasteiger charge is 1.89. The van der Waals surface area contributed by atoms with Gasteiger partial charge in [-0.25, -0.2) is 4.99 Å². The molecule has 0 aliphatic heterocycles. The summed E-state index contributed by atoms with van der Waals surface area (Å²) in [5, 5.41) is 0. The van der Waals surface area contributed by atoms with Gasteiger partial charge in [0.15, 0.2) is 0 Å². The Kier molecular flexibility index (Phi) is 3.59. The molecule has 0 fully saturated rings. The average molecular weight is 134 g/mol. The van der Waals surface area contributed by atoms with Crippen molar-refractivity contribution in [2.45, 2.75) is 13.5 Å². The second-order valence-corrected chi connectivity index (χ2v) is 1.49. The fourth-order valence-corrected chi connectivity index (χ4v) is 0.226. The van der Waals surface area contributed by atoms with Crippen molar-refractivity contribution in [2.75, 3.05) is 0 Å². The number of aliphatic imine (C=N–C) groups is 1. The van der Waals surface area contributed by atoms with Gasteiger partial charge in [-0.1, -0.05) is 0 Å². The third-order valence-corrected chi connectivity index (χ3v) is 0.536. The van der Waals surface area contributed by atoms with Gasteiger partial charge in [-0.3, -0.25) is 0 Å². The molecular weight excluding hydrogens is 126 g/mol. The Labute approximate surface area is 52.1 Å². The quantitative estimate of drug-likeness (QED) is 0.446. The first-order chi connectivity index (χ1) is 4.13. The van der Waals surface area contributed by atoms with E-state index in [1.54, 1.807) is 6.92 Å². The van der Waals surface area contributed by atoms with E-state index in [1.807, 2.05) is 0 Å². The summed E-state index contributed by atoms with van der Waals surface area (Å²) in [5.74, 6) is 0. The molecule has 0 aromatic carbocycles. The molecule has 0 aromatic heterocycles. The van der Waals surface area contributed by atoms with Crippen LogP contribution in [0.15, 0.2) is 16.8 Å². The Bertz CT molecular complexity index is 125. The number of nitrogens with zero attached hydrogens (tertiary/aromatic N) is 1. The Hall–Kier alpha value is -0.930. The molecule has 2 nitrogen and oxygen atoms in total. The predicted molar refractivity (Wildman–Crippen MR) is 32.4 cm³/mol. The van der Waals surface area contributed by atoms with Crippen LogP contribution < -0.4 is 5.73 Å². The Balaban J connectivity index is 3.60. The van der Waals surface area contributed by atoms with E-state index in [-0.39, 0.29) is 0 Å². The Morgan fingerprint density at radius 2 is 2.22 bits per heavy atom. The number of allylic oxidation sites excluding steroid dienone is 2. The first-order valence-corrected chi connectivity index (χ1v) is 2.36. The molecule has 0 unspecified atom stereocenters. The molecule has 4 heteroatoms. The van der Waals surface area contributed by atoms with Gasteiger partial charge >= 0.3 is 6.55 Å². The number of halogens is 2. The van der Waals surface area contributed by atoms with Gasteiger partial charge in [0.25, 0.3) is 0 Å². The van der Waals surface area contributed by atoms with Gasteiger partial charge in [0, 0.05) is 11.9 Å². The first kappa shape index (κ1) is 8.07. The third-order valence-electron chi connectivity index (χ3n) is 0.536. The lowest BCUT2D eigenvalue weighted by atomic mass is 10.5. The summed E-state index contributed by atoms with van der Waals surface area (Å²) in [5.41, 5.74) is 5.56. The summed E-state index contributed by atoms with van der Waals surface area (Å²) in [6.45, 7) is -1.04. The van der Waals surface area contributed by atoms with Gasteiger partial charge in [-0.2, -0.15) is 8.78 Å². The molecule has 0 aliphatic carbocycles. The van der Waals surface area contributed by atoms with Crippen LogP contribution in [0.4, 0.5) is 8.78 Å². The number of hydrogen-bond acceptors (Lipinski definition) is 2. The number of alkyl halides is 2. The van der Waals surface area contributed by atoms with E-state index >= 15 is 0 Å². The van der Waals surface area contributed by atoms with Crippen molar-refractivity contribution in [1.82, 2.24) is 0 Å². The molecule has 52 valence electrons. The zero-order valence-corrected chi connectivity index (χ0v) is 5.01. The number of nitrogens with two attached hydrogens (primary N) is 1. The summed E-state index contributed by atoms with van der Waals surface area (Å²) in [6.07, 6.45) is 2.30. The zero-order chi connectivity index (χ0) is 7.28. The van der Waals surface area contributed by atoms with E-state index in [0.29, 0.717) is 5.70 Å². The van der Waals surface area contributed by atoms with E-state index in [1.165, 1.54) is 6.08 Å². The van der Waals surface area contributed by atoms with E-state index in [4.69, 9.17) is 5.73 Å². The minimum Gasteiger partial charge on any atom is -0.402 e. The van der Waals surface area contributed by atoms with E-state index in [2.05, 4.69) is 4.99 Å². The van der Waals surface area contributed by atoms with Crippen molar-refractivity contribution in [3.05, 3.63) is 11.8 Å². The Morgan fingerprint density at radius 1 is 1.67 bits per heavy atom. The number of rotatable bonds is 2. The fraction of sp³-hybridized carbons (Fsp3) is 0.400. The first-order valence-electron chi connectivity index (χ1n) is 2.36. The maximum Gasteiger partial charge on any atom is 0.331 e. The highest BCUT2D eigenvalue weighted by atomic mass is 19.3. The van der Waals surface area contributed by atoms with Crippen molar-refractivity contribution in [3.63, 3.8) is 0 Å². The van der Waals surface area contributed by atoms with Gasteiger partial charge < -0.3 is 5.73 Å². The molecule has 0 spiro atoms. The summed E-state index contributed by atoms with van der Waals surface area (Å²) in [7, 11) is 0. The standard InChI is InChI=1S/C5H8F2N2/c1-4(8)2-3-9-5(6)7/h2-3,5H,8H2,1H3. The van der Waals surface area contributed by atoms with Crippen molar-refractivity contribution in [1.29, 1.82) is 0 Å². The number of hydrogen-bond donors (Lipinski definition) is 1. The second kappa shape index (κ2) is 4.00. The molecule has 0 saturated carbocycles. The minimum atomic E-state index is -2.64. The predicted octanol–water partition coefficient (Wildman–Crippen LogP) is 1.14. The normalized spacial score (nSPS) is 13.6. The van der Waals surface area contributed by atoms with Crippen LogP contribution in [0.3, 0.4) is 0 Å². The summed E-state index contributed by atoms with van der Waals surface area (Å²) >= 11 is 0. The summed E-state index contributed by atoms with van der Waals surface area (Å²) in [4.78, 5) is 2.75. The highest BCUT2D eigenvalue weighted by molar-refractivity contribution is 5.71. The van der Waals surface area contributed by atoms with E-state index < -0.39 is 6.55 Å². The molecule has 9 heavy (non-hydrogen) atoms. The van der Waals surface area contributed by atoms with E-state index in [0.717, 1.165) is 6.21 Å². The molecule has 2 N–H and O–H groups in total. The van der Waals surface area contributed by atoms with Crippen LogP contribution in [-0.2, 0) is 0 Å². The molecule has 0 heterocycles. The highest BCUT2D eigenvalue weighted by Crippen LogP contribution is 1.90. The molecule has 0 atom stereocenters. The molecule has 0 amide bonds. The lowest BCUT2D eigenvalue weighted by Crippen LogP contribution is -1.90. The smallest absolute Gasteiger partial charge is 0.331 e. The molecule has 0 radical (unpaired) electrons. The second-order valence-electron chi connectivity index (χ2n) is 1.49. The topological polar surface area (TPSA) is 38.4 Å². The van der Waals surface area contributed by atoms with Crippen molar-refractivity contribution >= 4 is 6.21 Å². The van der Waals surface area contributed by atoms with Gasteiger partial charge in [0.05, 0.1) is 0 Å². The van der Waals surface area contributed by atoms with Crippen LogP contribution in [-0.4, -0.2) is 12.8 Å². The maximum absolute atomic E-state index is 11.2. The monoisotopic (exact) mass is 134 g/mol. The van der Waals surface area contributed by atoms with Crippen LogP contribution >= 0.6 is 0 Å². The van der Waals surface area contributed by atoms with Crippen molar-refractivity contribution < 1.29 is 8.78 Å². The van der Waals surface area contributed by atoms with Crippen LogP contribution in [0.5, 0.6) is 0 Å². The van der Waals surface area contributed by atoms with Gasteiger partial charge in [-0.05, 0) is 13.0 Å². The molecule has 0 rings (SSSR count).